The number of thiophene rings is 1. The van der Waals surface area contributed by atoms with Crippen LogP contribution in [0.25, 0.3) is 22.0 Å². The lowest BCUT2D eigenvalue weighted by Gasteiger charge is -2.22. The van der Waals surface area contributed by atoms with Crippen LogP contribution in [0.5, 0.6) is 5.75 Å². The third-order valence-electron chi connectivity index (χ3n) is 7.53. The number of hydrogen-bond donors (Lipinski definition) is 4. The molecule has 2 aromatic heterocycles. The van der Waals surface area contributed by atoms with Gasteiger partial charge in [-0.1, -0.05) is 73.4 Å². The summed E-state index contributed by atoms with van der Waals surface area (Å²) in [5.74, 6) is -1.39. The van der Waals surface area contributed by atoms with Gasteiger partial charge in [-0.3, -0.25) is 4.79 Å². The number of carbonyl (C=O) groups is 2. The van der Waals surface area contributed by atoms with E-state index >= 15 is 0 Å². The SMILES string of the molecule is CC(=CCc1cccc2c(C(=O)c3sc(C(=O)O)c(-c4ccc(C5CCCCC5)cc4)c3O)c[nH]c12)CO. The molecule has 1 aliphatic rings. The Morgan fingerprint density at radius 3 is 2.47 bits per heavy atom. The summed E-state index contributed by atoms with van der Waals surface area (Å²) in [6.07, 6.45) is 10.2. The Bertz CT molecular complexity index is 1520. The van der Waals surface area contributed by atoms with Crippen molar-refractivity contribution < 1.29 is 24.9 Å². The fraction of sp³-hybridized carbons (Fsp3) is 0.290. The van der Waals surface area contributed by atoms with Gasteiger partial charge in [-0.05, 0) is 48.8 Å². The van der Waals surface area contributed by atoms with Gasteiger partial charge in [0.2, 0.25) is 5.78 Å². The molecule has 0 bridgehead atoms. The fourth-order valence-corrected chi connectivity index (χ4v) is 6.41. The number of rotatable bonds is 8. The number of aromatic amines is 1. The molecule has 0 aliphatic heterocycles. The van der Waals surface area contributed by atoms with Crippen molar-refractivity contribution in [2.45, 2.75) is 51.4 Å². The summed E-state index contributed by atoms with van der Waals surface area (Å²) in [5, 5.41) is 31.1. The van der Waals surface area contributed by atoms with E-state index < -0.39 is 11.8 Å². The maximum atomic E-state index is 13.6. The number of carboxylic acid groups (broad SMARTS) is 1. The Hall–Kier alpha value is -3.68. The van der Waals surface area contributed by atoms with Gasteiger partial charge in [0.25, 0.3) is 0 Å². The van der Waals surface area contributed by atoms with Gasteiger partial charge in [-0.15, -0.1) is 11.3 Å². The Balaban J connectivity index is 1.51. The first-order valence-electron chi connectivity index (χ1n) is 13.0. The lowest BCUT2D eigenvalue weighted by molar-refractivity contribution is 0.0702. The average molecular weight is 530 g/mol. The zero-order chi connectivity index (χ0) is 26.8. The minimum Gasteiger partial charge on any atom is -0.506 e. The van der Waals surface area contributed by atoms with E-state index in [4.69, 9.17) is 0 Å². The molecule has 7 heteroatoms. The van der Waals surface area contributed by atoms with E-state index in [0.717, 1.165) is 40.8 Å². The maximum Gasteiger partial charge on any atom is 0.346 e. The molecule has 1 fully saturated rings. The number of H-pyrrole nitrogens is 1. The van der Waals surface area contributed by atoms with Crippen LogP contribution in [0.2, 0.25) is 0 Å². The number of aliphatic hydroxyl groups is 1. The molecule has 38 heavy (non-hydrogen) atoms. The normalized spacial score (nSPS) is 14.7. The van der Waals surface area contributed by atoms with E-state index in [2.05, 4.69) is 4.98 Å². The summed E-state index contributed by atoms with van der Waals surface area (Å²) < 4.78 is 0. The summed E-state index contributed by atoms with van der Waals surface area (Å²) in [6, 6.07) is 13.4. The number of aromatic nitrogens is 1. The highest BCUT2D eigenvalue weighted by atomic mass is 32.1. The summed E-state index contributed by atoms with van der Waals surface area (Å²) >= 11 is 0.807. The van der Waals surface area contributed by atoms with Gasteiger partial charge >= 0.3 is 5.97 Å². The molecule has 0 unspecified atom stereocenters. The molecule has 5 rings (SSSR count). The van der Waals surface area contributed by atoms with Crippen LogP contribution in [0.4, 0.5) is 0 Å². The number of ketones is 1. The lowest BCUT2D eigenvalue weighted by atomic mass is 9.83. The van der Waals surface area contributed by atoms with Gasteiger partial charge < -0.3 is 20.3 Å². The van der Waals surface area contributed by atoms with Crippen molar-refractivity contribution in [3.63, 3.8) is 0 Å². The first-order valence-corrected chi connectivity index (χ1v) is 13.8. The standard InChI is InChI=1S/C31H31NO5S/c1-18(17-33)10-11-22-8-5-9-23-24(16-32-26(22)23)27(34)30-28(35)25(29(38-30)31(36)37)21-14-12-20(13-15-21)19-6-3-2-4-7-19/h5,8-10,12-16,19,32-33,35H,2-4,6-7,11,17H2,1H3,(H,36,37). The van der Waals surface area contributed by atoms with Crippen molar-refractivity contribution in [1.82, 2.24) is 4.98 Å². The fourth-order valence-electron chi connectivity index (χ4n) is 5.40. The van der Waals surface area contributed by atoms with Crippen molar-refractivity contribution in [3.05, 3.63) is 86.8 Å². The number of fused-ring (bicyclic) bond motifs is 1. The van der Waals surface area contributed by atoms with E-state index in [1.165, 1.54) is 24.8 Å². The molecule has 0 amide bonds. The predicted octanol–water partition coefficient (Wildman–Crippen LogP) is 7.06. The van der Waals surface area contributed by atoms with Crippen molar-refractivity contribution in [2.75, 3.05) is 6.61 Å². The van der Waals surface area contributed by atoms with Gasteiger partial charge in [0.1, 0.15) is 15.5 Å². The highest BCUT2D eigenvalue weighted by Gasteiger charge is 2.29. The van der Waals surface area contributed by atoms with Crippen molar-refractivity contribution in [2.24, 2.45) is 0 Å². The summed E-state index contributed by atoms with van der Waals surface area (Å²) in [4.78, 5) is 28.9. The summed E-state index contributed by atoms with van der Waals surface area (Å²) in [7, 11) is 0. The number of carbonyl (C=O) groups excluding carboxylic acids is 1. The number of hydrogen-bond acceptors (Lipinski definition) is 5. The number of aromatic carboxylic acids is 1. The van der Waals surface area contributed by atoms with Gasteiger partial charge in [-0.2, -0.15) is 0 Å². The van der Waals surface area contributed by atoms with Crippen LogP contribution >= 0.6 is 11.3 Å². The highest BCUT2D eigenvalue weighted by Crippen LogP contribution is 2.44. The van der Waals surface area contributed by atoms with Crippen molar-refractivity contribution in [3.8, 4) is 16.9 Å². The number of benzene rings is 2. The van der Waals surface area contributed by atoms with E-state index in [1.807, 2.05) is 55.5 Å². The molecular weight excluding hydrogens is 498 g/mol. The monoisotopic (exact) mass is 529 g/mol. The third kappa shape index (κ3) is 4.91. The van der Waals surface area contributed by atoms with Gasteiger partial charge in [0.15, 0.2) is 0 Å². The smallest absolute Gasteiger partial charge is 0.346 e. The second-order valence-electron chi connectivity index (χ2n) is 10.0. The Labute approximate surface area is 225 Å². The topological polar surface area (TPSA) is 111 Å². The number of aromatic hydroxyl groups is 1. The third-order valence-corrected chi connectivity index (χ3v) is 8.69. The van der Waals surface area contributed by atoms with Crippen molar-refractivity contribution in [1.29, 1.82) is 0 Å². The molecule has 0 saturated heterocycles. The zero-order valence-corrected chi connectivity index (χ0v) is 22.1. The van der Waals surface area contributed by atoms with Crippen LogP contribution in [0.1, 0.15) is 81.0 Å². The largest absolute Gasteiger partial charge is 0.506 e. The predicted molar refractivity (Wildman–Crippen MR) is 150 cm³/mol. The summed E-state index contributed by atoms with van der Waals surface area (Å²) in [6.45, 7) is 1.84. The van der Waals surface area contributed by atoms with Crippen LogP contribution in [-0.2, 0) is 6.42 Å². The molecule has 2 heterocycles. The molecule has 0 spiro atoms. The van der Waals surface area contributed by atoms with Gasteiger partial charge in [-0.25, -0.2) is 4.79 Å². The first kappa shape index (κ1) is 25.9. The van der Waals surface area contributed by atoms with Crippen LogP contribution in [-0.4, -0.2) is 38.7 Å². The minimum atomic E-state index is -1.18. The minimum absolute atomic E-state index is 0.0103. The first-order chi connectivity index (χ1) is 18.4. The van der Waals surface area contributed by atoms with Crippen LogP contribution in [0, 0.1) is 0 Å². The second kappa shape index (κ2) is 11.0. The van der Waals surface area contributed by atoms with Gasteiger partial charge in [0.05, 0.1) is 6.61 Å². The van der Waals surface area contributed by atoms with Crippen LogP contribution in [0.3, 0.4) is 0 Å². The number of carboxylic acids is 1. The van der Waals surface area contributed by atoms with Crippen molar-refractivity contribution >= 4 is 34.0 Å². The van der Waals surface area contributed by atoms with E-state index in [-0.39, 0.29) is 27.7 Å². The number of allylic oxidation sites excluding steroid dienone is 1. The Morgan fingerprint density at radius 1 is 1.05 bits per heavy atom. The molecule has 4 N–H and O–H groups in total. The van der Waals surface area contributed by atoms with Crippen LogP contribution < -0.4 is 0 Å². The maximum absolute atomic E-state index is 13.6. The lowest BCUT2D eigenvalue weighted by Crippen LogP contribution is -2.04. The quantitative estimate of drug-likeness (QED) is 0.144. The van der Waals surface area contributed by atoms with E-state index in [9.17, 15) is 24.9 Å². The second-order valence-corrected chi connectivity index (χ2v) is 11.1. The molecule has 0 atom stereocenters. The summed E-state index contributed by atoms with van der Waals surface area (Å²) in [5.41, 5.74) is 5.00. The molecule has 196 valence electrons. The number of aliphatic hydroxyl groups excluding tert-OH is 1. The molecule has 4 aromatic rings. The Kier molecular flexibility index (Phi) is 7.49. The molecule has 1 saturated carbocycles. The van der Waals surface area contributed by atoms with Crippen LogP contribution in [0.15, 0.2) is 60.3 Å². The number of nitrogens with one attached hydrogen (secondary N) is 1. The van der Waals surface area contributed by atoms with E-state index in [0.29, 0.717) is 28.9 Å². The molecular formula is C31H31NO5S. The molecule has 6 nitrogen and oxygen atoms in total. The number of para-hydroxylation sites is 1. The van der Waals surface area contributed by atoms with Gasteiger partial charge in [0, 0.05) is 28.2 Å². The highest BCUT2D eigenvalue weighted by molar-refractivity contribution is 7.17. The molecule has 1 aliphatic carbocycles. The molecule has 2 aromatic carbocycles. The average Bonchev–Trinajstić information content (AvgIpc) is 3.54. The van der Waals surface area contributed by atoms with E-state index in [1.54, 1.807) is 6.20 Å². The zero-order valence-electron chi connectivity index (χ0n) is 21.3. The molecule has 0 radical (unpaired) electrons. The Morgan fingerprint density at radius 2 is 1.79 bits per heavy atom.